The minimum absolute atomic E-state index is 0.132. The van der Waals surface area contributed by atoms with Crippen molar-refractivity contribution in [1.82, 2.24) is 4.72 Å². The molecule has 0 bridgehead atoms. The number of nitrogens with one attached hydrogen (secondary N) is 1. The standard InChI is InChI=1S/C24H24BrNO4S/c1-16-4-8-18(9-5-16)22(24(27)30-3)23(19-10-12-20(25)13-11-19)26-31(28,29)21-14-6-17(2)7-15-21/h4-15,22-23,26H,1-3H3/t22-,23-/m0/s1. The van der Waals surface area contributed by atoms with Crippen LogP contribution >= 0.6 is 15.9 Å². The number of carbonyl (C=O) groups is 1. The van der Waals surface area contributed by atoms with Crippen molar-refractivity contribution in [3.63, 3.8) is 0 Å². The predicted molar refractivity (Wildman–Crippen MR) is 124 cm³/mol. The molecule has 0 aromatic heterocycles. The van der Waals surface area contributed by atoms with Gasteiger partial charge in [0.15, 0.2) is 0 Å². The van der Waals surface area contributed by atoms with E-state index in [2.05, 4.69) is 20.7 Å². The van der Waals surface area contributed by atoms with E-state index in [1.54, 1.807) is 36.4 Å². The predicted octanol–water partition coefficient (Wildman–Crippen LogP) is 5.04. The summed E-state index contributed by atoms with van der Waals surface area (Å²) < 4.78 is 35.1. The Balaban J connectivity index is 2.12. The highest BCUT2D eigenvalue weighted by atomic mass is 79.9. The maximum atomic E-state index is 13.2. The molecule has 162 valence electrons. The first-order valence-electron chi connectivity index (χ1n) is 9.70. The molecular formula is C24H24BrNO4S. The van der Waals surface area contributed by atoms with Crippen molar-refractivity contribution in [3.05, 3.63) is 99.5 Å². The van der Waals surface area contributed by atoms with E-state index in [0.29, 0.717) is 11.1 Å². The van der Waals surface area contributed by atoms with Gasteiger partial charge in [-0.3, -0.25) is 4.79 Å². The summed E-state index contributed by atoms with van der Waals surface area (Å²) in [6, 6.07) is 20.3. The topological polar surface area (TPSA) is 72.5 Å². The van der Waals surface area contributed by atoms with Gasteiger partial charge in [-0.25, -0.2) is 13.1 Å². The third-order valence-corrected chi connectivity index (χ3v) is 7.05. The van der Waals surface area contributed by atoms with Crippen molar-refractivity contribution in [1.29, 1.82) is 0 Å². The lowest BCUT2D eigenvalue weighted by atomic mass is 9.87. The zero-order valence-electron chi connectivity index (χ0n) is 17.5. The van der Waals surface area contributed by atoms with Crippen LogP contribution in [-0.4, -0.2) is 21.5 Å². The van der Waals surface area contributed by atoms with Crippen LogP contribution in [0.1, 0.15) is 34.2 Å². The number of hydrogen-bond acceptors (Lipinski definition) is 4. The molecule has 2 atom stereocenters. The number of rotatable bonds is 7. The Hall–Kier alpha value is -2.48. The Labute approximate surface area is 191 Å². The fraction of sp³-hybridized carbons (Fsp3) is 0.208. The normalized spacial score (nSPS) is 13.4. The number of ether oxygens (including phenoxy) is 1. The lowest BCUT2D eigenvalue weighted by Crippen LogP contribution is -2.36. The van der Waals surface area contributed by atoms with Crippen molar-refractivity contribution in [2.45, 2.75) is 30.7 Å². The number of halogens is 1. The molecule has 0 fully saturated rings. The third-order valence-electron chi connectivity index (χ3n) is 5.07. The summed E-state index contributed by atoms with van der Waals surface area (Å²) in [4.78, 5) is 13.0. The molecule has 0 amide bonds. The van der Waals surface area contributed by atoms with Gasteiger partial charge in [-0.05, 0) is 49.2 Å². The first-order valence-corrected chi connectivity index (χ1v) is 12.0. The number of hydrogen-bond donors (Lipinski definition) is 1. The summed E-state index contributed by atoms with van der Waals surface area (Å²) >= 11 is 3.40. The SMILES string of the molecule is COC(=O)[C@@H](c1ccc(C)cc1)[C@@H](NS(=O)(=O)c1ccc(C)cc1)c1ccc(Br)cc1. The van der Waals surface area contributed by atoms with Gasteiger partial charge in [-0.15, -0.1) is 0 Å². The van der Waals surface area contributed by atoms with E-state index in [1.165, 1.54) is 7.11 Å². The fourth-order valence-corrected chi connectivity index (χ4v) is 4.82. The zero-order valence-corrected chi connectivity index (χ0v) is 19.9. The molecule has 7 heteroatoms. The van der Waals surface area contributed by atoms with Gasteiger partial charge in [-0.2, -0.15) is 0 Å². The number of carbonyl (C=O) groups excluding carboxylic acids is 1. The monoisotopic (exact) mass is 501 g/mol. The van der Waals surface area contributed by atoms with Crippen LogP contribution in [0.15, 0.2) is 82.2 Å². The van der Waals surface area contributed by atoms with Gasteiger partial charge in [0.1, 0.15) is 5.92 Å². The number of methoxy groups -OCH3 is 1. The van der Waals surface area contributed by atoms with E-state index in [-0.39, 0.29) is 4.90 Å². The molecular weight excluding hydrogens is 478 g/mol. The lowest BCUT2D eigenvalue weighted by Gasteiger charge is -2.27. The van der Waals surface area contributed by atoms with E-state index < -0.39 is 28.0 Å². The molecule has 0 saturated heterocycles. The van der Waals surface area contributed by atoms with Crippen LogP contribution in [0.4, 0.5) is 0 Å². The highest BCUT2D eigenvalue weighted by molar-refractivity contribution is 9.10. The van der Waals surface area contributed by atoms with Crippen molar-refractivity contribution in [2.75, 3.05) is 7.11 Å². The summed E-state index contributed by atoms with van der Waals surface area (Å²) in [5.74, 6) is -1.39. The van der Waals surface area contributed by atoms with Gasteiger partial charge in [0, 0.05) is 4.47 Å². The van der Waals surface area contributed by atoms with Crippen molar-refractivity contribution in [2.24, 2.45) is 0 Å². The molecule has 31 heavy (non-hydrogen) atoms. The van der Waals surface area contributed by atoms with Crippen molar-refractivity contribution < 1.29 is 17.9 Å². The van der Waals surface area contributed by atoms with Crippen LogP contribution in [0.2, 0.25) is 0 Å². The summed E-state index contributed by atoms with van der Waals surface area (Å²) in [5.41, 5.74) is 3.30. The molecule has 0 heterocycles. The van der Waals surface area contributed by atoms with Crippen LogP contribution in [0, 0.1) is 13.8 Å². The Morgan fingerprint density at radius 1 is 0.839 bits per heavy atom. The molecule has 0 aliphatic rings. The second kappa shape index (κ2) is 9.77. The second-order valence-corrected chi connectivity index (χ2v) is 10.0. The molecule has 0 radical (unpaired) electrons. The summed E-state index contributed by atoms with van der Waals surface area (Å²) in [7, 11) is -2.60. The largest absolute Gasteiger partial charge is 0.468 e. The smallest absolute Gasteiger partial charge is 0.315 e. The van der Waals surface area contributed by atoms with Gasteiger partial charge < -0.3 is 4.74 Å². The van der Waals surface area contributed by atoms with E-state index in [9.17, 15) is 13.2 Å². The molecule has 0 saturated carbocycles. The Morgan fingerprint density at radius 3 is 1.84 bits per heavy atom. The minimum atomic E-state index is -3.91. The van der Waals surface area contributed by atoms with Gasteiger partial charge in [-0.1, -0.05) is 75.6 Å². The summed E-state index contributed by atoms with van der Waals surface area (Å²) in [5, 5.41) is 0. The van der Waals surface area contributed by atoms with E-state index >= 15 is 0 Å². The zero-order chi connectivity index (χ0) is 22.6. The average Bonchev–Trinajstić information content (AvgIpc) is 2.75. The first-order chi connectivity index (χ1) is 14.7. The second-order valence-electron chi connectivity index (χ2n) is 7.38. The number of aryl methyl sites for hydroxylation is 2. The maximum absolute atomic E-state index is 13.2. The molecule has 5 nitrogen and oxygen atoms in total. The molecule has 3 rings (SSSR count). The molecule has 0 spiro atoms. The third kappa shape index (κ3) is 5.61. The first kappa shape index (κ1) is 23.2. The van der Waals surface area contributed by atoms with E-state index in [0.717, 1.165) is 15.6 Å². The van der Waals surface area contributed by atoms with Crippen molar-refractivity contribution in [3.8, 4) is 0 Å². The maximum Gasteiger partial charge on any atom is 0.315 e. The highest BCUT2D eigenvalue weighted by Gasteiger charge is 2.35. The lowest BCUT2D eigenvalue weighted by molar-refractivity contribution is -0.143. The summed E-state index contributed by atoms with van der Waals surface area (Å²) in [6.07, 6.45) is 0. The van der Waals surface area contributed by atoms with Crippen LogP contribution in [0.5, 0.6) is 0 Å². The van der Waals surface area contributed by atoms with Crippen LogP contribution in [0.3, 0.4) is 0 Å². The van der Waals surface area contributed by atoms with Gasteiger partial charge >= 0.3 is 5.97 Å². The highest BCUT2D eigenvalue weighted by Crippen LogP contribution is 2.34. The number of sulfonamides is 1. The Kier molecular flexibility index (Phi) is 7.30. The molecule has 0 aliphatic heterocycles. The quantitative estimate of drug-likeness (QED) is 0.460. The molecule has 3 aromatic rings. The van der Waals surface area contributed by atoms with Gasteiger partial charge in [0.25, 0.3) is 0 Å². The van der Waals surface area contributed by atoms with Crippen LogP contribution in [0.25, 0.3) is 0 Å². The molecule has 0 aliphatic carbocycles. The van der Waals surface area contributed by atoms with Crippen LogP contribution in [-0.2, 0) is 19.6 Å². The average molecular weight is 502 g/mol. The van der Waals surface area contributed by atoms with E-state index in [4.69, 9.17) is 4.74 Å². The van der Waals surface area contributed by atoms with Gasteiger partial charge in [0.2, 0.25) is 10.0 Å². The number of benzene rings is 3. The minimum Gasteiger partial charge on any atom is -0.468 e. The molecule has 1 N–H and O–H groups in total. The Morgan fingerprint density at radius 2 is 1.32 bits per heavy atom. The van der Waals surface area contributed by atoms with E-state index in [1.807, 2.05) is 50.2 Å². The molecule has 0 unspecified atom stereocenters. The summed E-state index contributed by atoms with van der Waals surface area (Å²) in [6.45, 7) is 3.84. The molecule has 3 aromatic carbocycles. The number of esters is 1. The fourth-order valence-electron chi connectivity index (χ4n) is 3.32. The van der Waals surface area contributed by atoms with Crippen molar-refractivity contribution >= 4 is 31.9 Å². The Bertz CT molecular complexity index is 1140. The van der Waals surface area contributed by atoms with Gasteiger partial charge in [0.05, 0.1) is 18.0 Å². The van der Waals surface area contributed by atoms with Crippen LogP contribution < -0.4 is 4.72 Å².